The van der Waals surface area contributed by atoms with Crippen LogP contribution in [-0.4, -0.2) is 14.8 Å². The highest BCUT2D eigenvalue weighted by Gasteiger charge is 2.26. The fraction of sp³-hybridized carbons (Fsp3) is 0.467. The molecule has 1 aromatic heterocycles. The summed E-state index contributed by atoms with van der Waals surface area (Å²) < 4.78 is 1.74. The Bertz CT molecular complexity index is 634. The van der Waals surface area contributed by atoms with Gasteiger partial charge in [-0.2, -0.15) is 5.10 Å². The largest absolute Gasteiger partial charge is 0.216 e. The molecule has 0 saturated heterocycles. The second-order valence-corrected chi connectivity index (χ2v) is 7.23. The Balaban J connectivity index is 2.68. The van der Waals surface area contributed by atoms with Crippen molar-refractivity contribution < 1.29 is 0 Å². The molecule has 6 heteroatoms. The van der Waals surface area contributed by atoms with Crippen LogP contribution in [0.2, 0.25) is 15.1 Å². The lowest BCUT2D eigenvalue weighted by atomic mass is 9.95. The van der Waals surface area contributed by atoms with Crippen LogP contribution in [0.25, 0.3) is 5.69 Å². The zero-order valence-electron chi connectivity index (χ0n) is 12.5. The average molecular weight is 347 g/mol. The van der Waals surface area contributed by atoms with Crippen LogP contribution >= 0.6 is 34.8 Å². The second-order valence-electron chi connectivity index (χ2n) is 5.98. The number of hydrogen-bond donors (Lipinski definition) is 0. The van der Waals surface area contributed by atoms with E-state index in [0.29, 0.717) is 20.8 Å². The Hall–Kier alpha value is -0.770. The van der Waals surface area contributed by atoms with Crippen molar-refractivity contribution in [3.05, 3.63) is 38.8 Å². The number of halogens is 3. The highest BCUT2D eigenvalue weighted by Crippen LogP contribution is 2.34. The number of rotatable bonds is 3. The van der Waals surface area contributed by atoms with Gasteiger partial charge in [-0.1, -0.05) is 62.5 Å². The average Bonchev–Trinajstić information content (AvgIpc) is 2.71. The number of aryl methyl sites for hydroxylation is 1. The Labute approximate surface area is 140 Å². The van der Waals surface area contributed by atoms with Gasteiger partial charge >= 0.3 is 0 Å². The Morgan fingerprint density at radius 2 is 1.67 bits per heavy atom. The summed E-state index contributed by atoms with van der Waals surface area (Å²) in [7, 11) is 0. The van der Waals surface area contributed by atoms with Crippen LogP contribution in [0.5, 0.6) is 0 Å². The third-order valence-corrected chi connectivity index (χ3v) is 3.78. The molecule has 0 aliphatic rings. The normalized spacial score (nSPS) is 12.0. The summed E-state index contributed by atoms with van der Waals surface area (Å²) in [5.41, 5.74) is 0.452. The van der Waals surface area contributed by atoms with Gasteiger partial charge in [0.05, 0.1) is 10.0 Å². The minimum absolute atomic E-state index is 0.175. The van der Waals surface area contributed by atoms with Gasteiger partial charge in [-0.25, -0.2) is 9.67 Å². The molecule has 0 atom stereocenters. The van der Waals surface area contributed by atoms with E-state index in [1.165, 1.54) is 0 Å². The van der Waals surface area contributed by atoms with Crippen LogP contribution in [-0.2, 0) is 11.8 Å². The van der Waals surface area contributed by atoms with Gasteiger partial charge in [0.15, 0.2) is 5.82 Å². The molecule has 0 radical (unpaired) electrons. The summed E-state index contributed by atoms with van der Waals surface area (Å²) in [6, 6.07) is 3.33. The molecule has 0 N–H and O–H groups in total. The molecular weight excluding hydrogens is 329 g/mol. The molecular formula is C15H18Cl3N3. The van der Waals surface area contributed by atoms with Gasteiger partial charge in [-0.15, -0.1) is 0 Å². The van der Waals surface area contributed by atoms with E-state index >= 15 is 0 Å². The first-order valence-electron chi connectivity index (χ1n) is 6.85. The van der Waals surface area contributed by atoms with Crippen molar-refractivity contribution in [2.75, 3.05) is 0 Å². The third-order valence-electron chi connectivity index (χ3n) is 2.99. The molecule has 114 valence electrons. The molecule has 2 rings (SSSR count). The predicted octanol–water partition coefficient (Wildman–Crippen LogP) is 5.48. The van der Waals surface area contributed by atoms with E-state index < -0.39 is 0 Å². The zero-order valence-corrected chi connectivity index (χ0v) is 14.8. The van der Waals surface area contributed by atoms with E-state index in [-0.39, 0.29) is 5.41 Å². The van der Waals surface area contributed by atoms with Crippen molar-refractivity contribution in [3.63, 3.8) is 0 Å². The first kappa shape index (κ1) is 16.6. The van der Waals surface area contributed by atoms with E-state index in [1.54, 1.807) is 16.8 Å². The molecule has 3 nitrogen and oxygen atoms in total. The highest BCUT2D eigenvalue weighted by atomic mass is 35.5. The van der Waals surface area contributed by atoms with Gasteiger partial charge in [0.2, 0.25) is 0 Å². The molecule has 1 heterocycles. The maximum Gasteiger partial charge on any atom is 0.151 e. The molecule has 0 unspecified atom stereocenters. The topological polar surface area (TPSA) is 30.7 Å². The van der Waals surface area contributed by atoms with Crippen LogP contribution in [0.15, 0.2) is 12.1 Å². The van der Waals surface area contributed by atoms with Crippen molar-refractivity contribution in [3.8, 4) is 5.69 Å². The molecule has 1 aromatic carbocycles. The number of hydrogen-bond acceptors (Lipinski definition) is 2. The van der Waals surface area contributed by atoms with E-state index in [9.17, 15) is 0 Å². The fourth-order valence-electron chi connectivity index (χ4n) is 2.06. The first-order chi connectivity index (χ1) is 9.74. The molecule has 21 heavy (non-hydrogen) atoms. The molecule has 0 aliphatic heterocycles. The van der Waals surface area contributed by atoms with Crippen molar-refractivity contribution in [1.29, 1.82) is 0 Å². The Morgan fingerprint density at radius 1 is 1.10 bits per heavy atom. The van der Waals surface area contributed by atoms with Gasteiger partial charge in [-0.3, -0.25) is 0 Å². The molecule has 0 fully saturated rings. The third kappa shape index (κ3) is 3.53. The summed E-state index contributed by atoms with van der Waals surface area (Å²) in [5.74, 6) is 1.63. The van der Waals surface area contributed by atoms with Gasteiger partial charge < -0.3 is 0 Å². The molecule has 2 aromatic rings. The second kappa shape index (κ2) is 6.15. The lowest BCUT2D eigenvalue weighted by Crippen LogP contribution is -2.19. The minimum Gasteiger partial charge on any atom is -0.216 e. The zero-order chi connectivity index (χ0) is 15.8. The lowest BCUT2D eigenvalue weighted by Gasteiger charge is -2.19. The van der Waals surface area contributed by atoms with Crippen LogP contribution in [0.4, 0.5) is 0 Å². The summed E-state index contributed by atoms with van der Waals surface area (Å²) in [5, 5.41) is 6.01. The van der Waals surface area contributed by atoms with Crippen LogP contribution in [0.3, 0.4) is 0 Å². The standard InChI is InChI=1S/C15H18Cl3N3/c1-5-6-12-19-14(15(2,3)4)21(20-12)13-10(17)7-9(16)8-11(13)18/h7-8H,5-6H2,1-4H3. The summed E-state index contributed by atoms with van der Waals surface area (Å²) >= 11 is 18.6. The summed E-state index contributed by atoms with van der Waals surface area (Å²) in [6.07, 6.45) is 1.80. The van der Waals surface area contributed by atoms with E-state index in [0.717, 1.165) is 24.5 Å². The van der Waals surface area contributed by atoms with E-state index in [2.05, 4.69) is 37.8 Å². The molecule has 0 saturated carbocycles. The molecule has 0 bridgehead atoms. The number of aromatic nitrogens is 3. The van der Waals surface area contributed by atoms with Crippen molar-refractivity contribution in [2.24, 2.45) is 0 Å². The summed E-state index contributed by atoms with van der Waals surface area (Å²) in [4.78, 5) is 4.65. The lowest BCUT2D eigenvalue weighted by molar-refractivity contribution is 0.526. The van der Waals surface area contributed by atoms with Crippen LogP contribution < -0.4 is 0 Å². The first-order valence-corrected chi connectivity index (χ1v) is 7.98. The van der Waals surface area contributed by atoms with Gasteiger partial charge in [0.1, 0.15) is 11.5 Å². The minimum atomic E-state index is -0.175. The van der Waals surface area contributed by atoms with Gasteiger partial charge in [-0.05, 0) is 18.6 Å². The fourth-order valence-corrected chi connectivity index (χ4v) is 3.04. The Morgan fingerprint density at radius 3 is 2.14 bits per heavy atom. The smallest absolute Gasteiger partial charge is 0.151 e. The molecule has 0 amide bonds. The van der Waals surface area contributed by atoms with Crippen LogP contribution in [0, 0.1) is 0 Å². The van der Waals surface area contributed by atoms with Gasteiger partial charge in [0, 0.05) is 16.9 Å². The molecule has 0 aliphatic carbocycles. The van der Waals surface area contributed by atoms with Crippen molar-refractivity contribution >= 4 is 34.8 Å². The van der Waals surface area contributed by atoms with Crippen molar-refractivity contribution in [2.45, 2.75) is 46.0 Å². The van der Waals surface area contributed by atoms with E-state index in [4.69, 9.17) is 34.8 Å². The van der Waals surface area contributed by atoms with E-state index in [1.807, 2.05) is 0 Å². The SMILES string of the molecule is CCCc1nc(C(C)(C)C)n(-c2c(Cl)cc(Cl)cc2Cl)n1. The predicted molar refractivity (Wildman–Crippen MR) is 89.1 cm³/mol. The number of nitrogens with zero attached hydrogens (tertiary/aromatic N) is 3. The van der Waals surface area contributed by atoms with Crippen LogP contribution in [0.1, 0.15) is 45.8 Å². The highest BCUT2D eigenvalue weighted by molar-refractivity contribution is 6.40. The summed E-state index contributed by atoms with van der Waals surface area (Å²) in [6.45, 7) is 8.35. The molecule has 0 spiro atoms. The Kier molecular flexibility index (Phi) is 4.86. The maximum atomic E-state index is 6.32. The monoisotopic (exact) mass is 345 g/mol. The van der Waals surface area contributed by atoms with Gasteiger partial charge in [0.25, 0.3) is 0 Å². The maximum absolute atomic E-state index is 6.32. The van der Waals surface area contributed by atoms with Crippen molar-refractivity contribution in [1.82, 2.24) is 14.8 Å². The quantitative estimate of drug-likeness (QED) is 0.737. The number of benzene rings is 1.